The van der Waals surface area contributed by atoms with E-state index < -0.39 is 0 Å². The van der Waals surface area contributed by atoms with Crippen molar-refractivity contribution in [3.8, 4) is 0 Å². The molecule has 0 radical (unpaired) electrons. The Kier molecular flexibility index (Phi) is 7.59. The van der Waals surface area contributed by atoms with Gasteiger partial charge in [0.15, 0.2) is 0 Å². The highest BCUT2D eigenvalue weighted by molar-refractivity contribution is 5.76. The molecule has 0 atom stereocenters. The van der Waals surface area contributed by atoms with Gasteiger partial charge in [-0.3, -0.25) is 9.59 Å². The molecule has 0 aliphatic rings. The minimum absolute atomic E-state index is 0.00689. The smallest absolute Gasteiger partial charge is 0.220 e. The molecule has 0 rings (SSSR count). The molecule has 2 amide bonds. The lowest BCUT2D eigenvalue weighted by atomic mass is 10.0. The Morgan fingerprint density at radius 2 is 1.76 bits per heavy atom. The van der Waals surface area contributed by atoms with E-state index in [1.54, 1.807) is 0 Å². The van der Waals surface area contributed by atoms with Gasteiger partial charge >= 0.3 is 0 Å². The maximum atomic E-state index is 11.6. The first kappa shape index (κ1) is 15.9. The average molecular weight is 242 g/mol. The molecule has 0 saturated heterocycles. The summed E-state index contributed by atoms with van der Waals surface area (Å²) in [7, 11) is 0. The Hall–Kier alpha value is -1.06. The minimum Gasteiger partial charge on any atom is -0.356 e. The van der Waals surface area contributed by atoms with Gasteiger partial charge in [-0.2, -0.15) is 0 Å². The molecule has 0 spiro atoms. The van der Waals surface area contributed by atoms with Crippen molar-refractivity contribution in [2.75, 3.05) is 6.54 Å². The molecule has 0 aliphatic heterocycles. The number of carbonyl (C=O) groups is 2. The van der Waals surface area contributed by atoms with E-state index in [1.807, 2.05) is 13.8 Å². The highest BCUT2D eigenvalue weighted by atomic mass is 16.2. The molecular weight excluding hydrogens is 216 g/mol. The number of unbranched alkanes of at least 4 members (excludes halogenated alkanes) is 2. The molecule has 0 aliphatic carbocycles. The van der Waals surface area contributed by atoms with Gasteiger partial charge in [-0.25, -0.2) is 0 Å². The maximum Gasteiger partial charge on any atom is 0.220 e. The van der Waals surface area contributed by atoms with Crippen LogP contribution in [0.1, 0.15) is 59.8 Å². The quantitative estimate of drug-likeness (QED) is 0.639. The topological polar surface area (TPSA) is 58.2 Å². The summed E-state index contributed by atoms with van der Waals surface area (Å²) in [6, 6.07) is 0. The monoisotopic (exact) mass is 242 g/mol. The van der Waals surface area contributed by atoms with Crippen molar-refractivity contribution in [3.63, 3.8) is 0 Å². The summed E-state index contributed by atoms with van der Waals surface area (Å²) in [6.07, 6.45) is 4.29. The van der Waals surface area contributed by atoms with Gasteiger partial charge in [0.25, 0.3) is 0 Å². The first-order valence-corrected chi connectivity index (χ1v) is 6.43. The Labute approximate surface area is 105 Å². The number of carbonyl (C=O) groups excluding carboxylic acids is 2. The van der Waals surface area contributed by atoms with E-state index in [4.69, 9.17) is 0 Å². The van der Waals surface area contributed by atoms with Crippen molar-refractivity contribution in [2.24, 2.45) is 0 Å². The van der Waals surface area contributed by atoms with Crippen LogP contribution in [0.25, 0.3) is 0 Å². The SMILES string of the molecule is CCC(C)(C)NC(=O)CCCCCNC(C)=O. The molecule has 0 fully saturated rings. The minimum atomic E-state index is -0.104. The third-order valence-corrected chi connectivity index (χ3v) is 2.82. The van der Waals surface area contributed by atoms with Crippen LogP contribution in [0.15, 0.2) is 0 Å². The molecule has 4 nitrogen and oxygen atoms in total. The third kappa shape index (κ3) is 9.85. The van der Waals surface area contributed by atoms with Crippen molar-refractivity contribution >= 4 is 11.8 Å². The second-order valence-electron chi connectivity index (χ2n) is 5.08. The molecule has 0 bridgehead atoms. The largest absolute Gasteiger partial charge is 0.356 e. The second-order valence-corrected chi connectivity index (χ2v) is 5.08. The lowest BCUT2D eigenvalue weighted by Crippen LogP contribution is -2.42. The van der Waals surface area contributed by atoms with Crippen molar-refractivity contribution in [2.45, 2.75) is 65.3 Å². The van der Waals surface area contributed by atoms with Crippen LogP contribution in [0.4, 0.5) is 0 Å². The second kappa shape index (κ2) is 8.09. The fourth-order valence-electron chi connectivity index (χ4n) is 1.38. The number of rotatable bonds is 8. The van der Waals surface area contributed by atoms with Crippen LogP contribution in [0, 0.1) is 0 Å². The summed E-state index contributed by atoms with van der Waals surface area (Å²) < 4.78 is 0. The zero-order valence-corrected chi connectivity index (χ0v) is 11.6. The van der Waals surface area contributed by atoms with E-state index in [9.17, 15) is 9.59 Å². The van der Waals surface area contributed by atoms with Gasteiger partial charge in [0.2, 0.25) is 11.8 Å². The molecule has 0 unspecified atom stereocenters. The van der Waals surface area contributed by atoms with Crippen LogP contribution in [0.5, 0.6) is 0 Å². The Bertz CT molecular complexity index is 250. The number of amides is 2. The molecule has 4 heteroatoms. The van der Waals surface area contributed by atoms with E-state index in [-0.39, 0.29) is 17.4 Å². The normalized spacial score (nSPS) is 11.1. The zero-order chi connectivity index (χ0) is 13.3. The standard InChI is InChI=1S/C13H26N2O2/c1-5-13(3,4)15-12(17)9-7-6-8-10-14-11(2)16/h5-10H2,1-4H3,(H,14,16)(H,15,17). The lowest BCUT2D eigenvalue weighted by molar-refractivity contribution is -0.123. The van der Waals surface area contributed by atoms with Gasteiger partial charge in [-0.1, -0.05) is 13.3 Å². The zero-order valence-electron chi connectivity index (χ0n) is 11.6. The summed E-state index contributed by atoms with van der Waals surface area (Å²) in [5.74, 6) is 0.129. The van der Waals surface area contributed by atoms with Gasteiger partial charge in [0.1, 0.15) is 0 Å². The fraction of sp³-hybridized carbons (Fsp3) is 0.846. The molecule has 17 heavy (non-hydrogen) atoms. The van der Waals surface area contributed by atoms with Gasteiger partial charge in [-0.05, 0) is 33.1 Å². The Balaban J connectivity index is 3.49. The van der Waals surface area contributed by atoms with Gasteiger partial charge in [-0.15, -0.1) is 0 Å². The van der Waals surface area contributed by atoms with Crippen molar-refractivity contribution < 1.29 is 9.59 Å². The third-order valence-electron chi connectivity index (χ3n) is 2.82. The molecule has 0 heterocycles. The maximum absolute atomic E-state index is 11.6. The number of hydrogen-bond acceptors (Lipinski definition) is 2. The van der Waals surface area contributed by atoms with Crippen LogP contribution in [-0.4, -0.2) is 23.9 Å². The highest BCUT2D eigenvalue weighted by Gasteiger charge is 2.16. The fourth-order valence-corrected chi connectivity index (χ4v) is 1.38. The van der Waals surface area contributed by atoms with Crippen molar-refractivity contribution in [3.05, 3.63) is 0 Å². The predicted molar refractivity (Wildman–Crippen MR) is 69.7 cm³/mol. The molecule has 0 aromatic rings. The molecule has 0 aromatic heterocycles. The van der Waals surface area contributed by atoms with Crippen molar-refractivity contribution in [1.29, 1.82) is 0 Å². The Morgan fingerprint density at radius 3 is 2.29 bits per heavy atom. The van der Waals surface area contributed by atoms with E-state index >= 15 is 0 Å². The van der Waals surface area contributed by atoms with E-state index in [0.717, 1.165) is 25.7 Å². The Morgan fingerprint density at radius 1 is 1.12 bits per heavy atom. The van der Waals surface area contributed by atoms with Gasteiger partial charge < -0.3 is 10.6 Å². The molecule has 0 saturated carbocycles. The number of hydrogen-bond donors (Lipinski definition) is 2. The van der Waals surface area contributed by atoms with Crippen molar-refractivity contribution in [1.82, 2.24) is 10.6 Å². The average Bonchev–Trinajstić information content (AvgIpc) is 2.22. The van der Waals surface area contributed by atoms with Crippen LogP contribution in [0.2, 0.25) is 0 Å². The van der Waals surface area contributed by atoms with Crippen LogP contribution >= 0.6 is 0 Å². The first-order chi connectivity index (χ1) is 7.87. The molecular formula is C13H26N2O2. The highest BCUT2D eigenvalue weighted by Crippen LogP contribution is 2.08. The van der Waals surface area contributed by atoms with Crippen LogP contribution in [-0.2, 0) is 9.59 Å². The molecule has 100 valence electrons. The lowest BCUT2D eigenvalue weighted by Gasteiger charge is -2.24. The summed E-state index contributed by atoms with van der Waals surface area (Å²) in [6.45, 7) is 8.34. The summed E-state index contributed by atoms with van der Waals surface area (Å²) in [4.78, 5) is 22.2. The summed E-state index contributed by atoms with van der Waals surface area (Å²) in [5.41, 5.74) is -0.104. The summed E-state index contributed by atoms with van der Waals surface area (Å²) >= 11 is 0. The summed E-state index contributed by atoms with van der Waals surface area (Å²) in [5, 5.41) is 5.75. The van der Waals surface area contributed by atoms with Gasteiger partial charge in [0, 0.05) is 25.4 Å². The van der Waals surface area contributed by atoms with Crippen LogP contribution < -0.4 is 10.6 Å². The van der Waals surface area contributed by atoms with E-state index in [1.165, 1.54) is 6.92 Å². The van der Waals surface area contributed by atoms with Crippen LogP contribution in [0.3, 0.4) is 0 Å². The molecule has 2 N–H and O–H groups in total. The van der Waals surface area contributed by atoms with E-state index in [2.05, 4.69) is 17.6 Å². The van der Waals surface area contributed by atoms with Gasteiger partial charge in [0.05, 0.1) is 0 Å². The molecule has 0 aromatic carbocycles. The van der Waals surface area contributed by atoms with E-state index in [0.29, 0.717) is 13.0 Å². The first-order valence-electron chi connectivity index (χ1n) is 6.43. The number of nitrogens with one attached hydrogen (secondary N) is 2. The predicted octanol–water partition coefficient (Wildman–Crippen LogP) is 1.99.